The molecule has 31 heavy (non-hydrogen) atoms. The Morgan fingerprint density at radius 1 is 0.935 bits per heavy atom. The molecule has 7 heteroatoms. The normalized spacial score (nSPS) is 16.9. The summed E-state index contributed by atoms with van der Waals surface area (Å²) in [5.41, 5.74) is 3.15. The van der Waals surface area contributed by atoms with E-state index in [0.29, 0.717) is 35.2 Å². The molecule has 158 valence electrons. The molecule has 0 aromatic heterocycles. The van der Waals surface area contributed by atoms with Crippen LogP contribution in [-0.4, -0.2) is 24.5 Å². The van der Waals surface area contributed by atoms with E-state index >= 15 is 0 Å². The van der Waals surface area contributed by atoms with Crippen molar-refractivity contribution in [1.29, 1.82) is 5.26 Å². The summed E-state index contributed by atoms with van der Waals surface area (Å²) in [6, 6.07) is 19.1. The second-order valence-corrected chi connectivity index (χ2v) is 8.37. The first kappa shape index (κ1) is 21.6. The maximum absolute atomic E-state index is 13.7. The summed E-state index contributed by atoms with van der Waals surface area (Å²) in [6.45, 7) is 2.58. The van der Waals surface area contributed by atoms with Gasteiger partial charge in [-0.2, -0.15) is 5.26 Å². The minimum absolute atomic E-state index is 0.0262. The Hall–Kier alpha value is -2.65. The van der Waals surface area contributed by atoms with Gasteiger partial charge in [-0.25, -0.2) is 8.78 Å². The smallest absolute Gasteiger partial charge is 0.159 e. The van der Waals surface area contributed by atoms with Crippen LogP contribution in [0.1, 0.15) is 22.7 Å². The van der Waals surface area contributed by atoms with Gasteiger partial charge in [0.15, 0.2) is 11.6 Å². The Morgan fingerprint density at radius 3 is 2.39 bits per heavy atom. The van der Waals surface area contributed by atoms with Crippen molar-refractivity contribution in [3.63, 3.8) is 0 Å². The van der Waals surface area contributed by atoms with E-state index < -0.39 is 11.6 Å². The van der Waals surface area contributed by atoms with Gasteiger partial charge in [-0.3, -0.25) is 4.90 Å². The average Bonchev–Trinajstić information content (AvgIpc) is 2.77. The molecule has 0 radical (unpaired) electrons. The minimum atomic E-state index is -0.844. The molecule has 0 spiro atoms. The predicted molar refractivity (Wildman–Crippen MR) is 119 cm³/mol. The van der Waals surface area contributed by atoms with E-state index in [4.69, 9.17) is 28.5 Å². The molecule has 1 unspecified atom stereocenters. The molecule has 1 heterocycles. The number of hydrogen-bond donors (Lipinski definition) is 0. The molecule has 1 aliphatic rings. The fourth-order valence-electron chi connectivity index (χ4n) is 3.95. The molecule has 0 amide bonds. The zero-order valence-electron chi connectivity index (χ0n) is 16.5. The number of anilines is 1. The molecule has 0 aliphatic carbocycles. The summed E-state index contributed by atoms with van der Waals surface area (Å²) in [7, 11) is 0. The largest absolute Gasteiger partial charge is 0.361 e. The van der Waals surface area contributed by atoms with Crippen molar-refractivity contribution in [1.82, 2.24) is 4.90 Å². The lowest BCUT2D eigenvalue weighted by molar-refractivity contribution is 0.215. The maximum atomic E-state index is 13.7. The molecular formula is C24H19Cl2F2N3. The van der Waals surface area contributed by atoms with Gasteiger partial charge in [-0.1, -0.05) is 41.4 Å². The van der Waals surface area contributed by atoms with Crippen molar-refractivity contribution < 1.29 is 8.78 Å². The summed E-state index contributed by atoms with van der Waals surface area (Å²) >= 11 is 12.6. The first-order valence-electron chi connectivity index (χ1n) is 9.82. The van der Waals surface area contributed by atoms with Crippen LogP contribution in [0, 0.1) is 23.0 Å². The number of nitrogens with zero attached hydrogens (tertiary/aromatic N) is 3. The van der Waals surface area contributed by atoms with Gasteiger partial charge in [0, 0.05) is 31.2 Å². The van der Waals surface area contributed by atoms with E-state index in [-0.39, 0.29) is 6.04 Å². The highest BCUT2D eigenvalue weighted by Gasteiger charge is 2.30. The van der Waals surface area contributed by atoms with Gasteiger partial charge in [0.05, 0.1) is 28.4 Å². The number of halogens is 4. The molecule has 1 atom stereocenters. The van der Waals surface area contributed by atoms with Crippen LogP contribution in [0.5, 0.6) is 0 Å². The molecule has 1 aliphatic heterocycles. The van der Waals surface area contributed by atoms with E-state index in [1.165, 1.54) is 6.07 Å². The Bertz CT molecular complexity index is 1130. The summed E-state index contributed by atoms with van der Waals surface area (Å²) in [5, 5.41) is 10.3. The zero-order chi connectivity index (χ0) is 22.0. The van der Waals surface area contributed by atoms with E-state index in [1.54, 1.807) is 18.2 Å². The van der Waals surface area contributed by atoms with Gasteiger partial charge in [-0.05, 0) is 53.6 Å². The van der Waals surface area contributed by atoms with Gasteiger partial charge < -0.3 is 4.90 Å². The topological polar surface area (TPSA) is 30.3 Å². The molecule has 0 saturated carbocycles. The lowest BCUT2D eigenvalue weighted by Gasteiger charge is -2.43. The van der Waals surface area contributed by atoms with Crippen molar-refractivity contribution in [2.24, 2.45) is 0 Å². The maximum Gasteiger partial charge on any atom is 0.159 e. The highest BCUT2D eigenvalue weighted by molar-refractivity contribution is 6.33. The third-order valence-corrected chi connectivity index (χ3v) is 6.05. The van der Waals surface area contributed by atoms with Gasteiger partial charge in [0.1, 0.15) is 0 Å². The third kappa shape index (κ3) is 4.83. The van der Waals surface area contributed by atoms with Gasteiger partial charge in [0.25, 0.3) is 0 Å². The second-order valence-electron chi connectivity index (χ2n) is 7.52. The lowest BCUT2D eigenvalue weighted by atomic mass is 10.0. The third-order valence-electron chi connectivity index (χ3n) is 5.50. The minimum Gasteiger partial charge on any atom is -0.361 e. The van der Waals surface area contributed by atoms with Crippen LogP contribution in [-0.2, 0) is 6.54 Å². The fourth-order valence-corrected chi connectivity index (χ4v) is 4.36. The van der Waals surface area contributed by atoms with Gasteiger partial charge >= 0.3 is 0 Å². The fraction of sp³-hybridized carbons (Fsp3) is 0.208. The number of hydrogen-bond acceptors (Lipinski definition) is 3. The molecule has 3 nitrogen and oxygen atoms in total. The Morgan fingerprint density at radius 2 is 1.71 bits per heavy atom. The zero-order valence-corrected chi connectivity index (χ0v) is 18.0. The lowest BCUT2D eigenvalue weighted by Crippen LogP contribution is -2.48. The number of nitriles is 1. The molecule has 4 rings (SSSR count). The van der Waals surface area contributed by atoms with E-state index in [0.717, 1.165) is 29.4 Å². The van der Waals surface area contributed by atoms with E-state index in [1.807, 2.05) is 30.3 Å². The molecular weight excluding hydrogens is 439 g/mol. The highest BCUT2D eigenvalue weighted by atomic mass is 35.5. The van der Waals surface area contributed by atoms with Crippen LogP contribution in [0.4, 0.5) is 14.5 Å². The summed E-state index contributed by atoms with van der Waals surface area (Å²) < 4.78 is 26.9. The monoisotopic (exact) mass is 457 g/mol. The first-order chi connectivity index (χ1) is 14.9. The number of piperazine rings is 1. The summed E-state index contributed by atoms with van der Waals surface area (Å²) in [6.07, 6.45) is 0. The Balaban J connectivity index is 1.63. The van der Waals surface area contributed by atoms with E-state index in [2.05, 4.69) is 15.9 Å². The van der Waals surface area contributed by atoms with Crippen LogP contribution in [0.25, 0.3) is 0 Å². The molecule has 1 saturated heterocycles. The number of rotatable bonds is 4. The van der Waals surface area contributed by atoms with Crippen molar-refractivity contribution in [2.45, 2.75) is 12.6 Å². The highest BCUT2D eigenvalue weighted by Crippen LogP contribution is 2.36. The average molecular weight is 458 g/mol. The molecule has 0 N–H and O–H groups in total. The predicted octanol–water partition coefficient (Wildman–Crippen LogP) is 6.21. The summed E-state index contributed by atoms with van der Waals surface area (Å²) in [5.74, 6) is -1.68. The summed E-state index contributed by atoms with van der Waals surface area (Å²) in [4.78, 5) is 4.43. The standard InChI is InChI=1S/C24H19Cl2F2N3/c25-19-5-3-18(4-6-19)24-15-30(14-17-1-7-21(27)22(28)12-17)9-10-31(24)23-8-2-16(13-29)11-20(23)26/h1-8,11-12,24H,9-10,14-15H2. The van der Waals surface area contributed by atoms with Crippen LogP contribution in [0.2, 0.25) is 10.0 Å². The molecule has 0 bridgehead atoms. The van der Waals surface area contributed by atoms with Crippen LogP contribution >= 0.6 is 23.2 Å². The van der Waals surface area contributed by atoms with Gasteiger partial charge in [0.2, 0.25) is 0 Å². The SMILES string of the molecule is N#Cc1ccc(N2CCN(Cc3ccc(F)c(F)c3)CC2c2ccc(Cl)cc2)c(Cl)c1. The van der Waals surface area contributed by atoms with Crippen molar-refractivity contribution >= 4 is 28.9 Å². The van der Waals surface area contributed by atoms with Crippen molar-refractivity contribution in [2.75, 3.05) is 24.5 Å². The van der Waals surface area contributed by atoms with Crippen LogP contribution in [0.3, 0.4) is 0 Å². The number of benzene rings is 3. The van der Waals surface area contributed by atoms with Crippen LogP contribution < -0.4 is 4.90 Å². The van der Waals surface area contributed by atoms with Crippen molar-refractivity contribution in [3.8, 4) is 6.07 Å². The second kappa shape index (κ2) is 9.23. The van der Waals surface area contributed by atoms with E-state index in [9.17, 15) is 8.78 Å². The Labute approximate surface area is 190 Å². The first-order valence-corrected chi connectivity index (χ1v) is 10.6. The molecule has 1 fully saturated rings. The van der Waals surface area contributed by atoms with Gasteiger partial charge in [-0.15, -0.1) is 0 Å². The van der Waals surface area contributed by atoms with Crippen molar-refractivity contribution in [3.05, 3.63) is 99.0 Å². The van der Waals surface area contributed by atoms with Crippen LogP contribution in [0.15, 0.2) is 60.7 Å². The molecule has 3 aromatic rings. The molecule has 3 aromatic carbocycles. The Kier molecular flexibility index (Phi) is 6.43. The quantitative estimate of drug-likeness (QED) is 0.466.